The van der Waals surface area contributed by atoms with Crippen LogP contribution in [0.2, 0.25) is 10.0 Å². The summed E-state index contributed by atoms with van der Waals surface area (Å²) in [7, 11) is 0. The molecule has 0 aliphatic rings. The zero-order chi connectivity index (χ0) is 16.5. The largest absolute Gasteiger partial charge is 0.355 e. The zero-order valence-electron chi connectivity index (χ0n) is 12.7. The minimum atomic E-state index is 0.0834. The Bertz CT molecular complexity index is 614. The summed E-state index contributed by atoms with van der Waals surface area (Å²) >= 11 is 13.3. The van der Waals surface area contributed by atoms with Crippen molar-refractivity contribution in [2.75, 3.05) is 12.3 Å². The van der Waals surface area contributed by atoms with Gasteiger partial charge in [0.15, 0.2) is 0 Å². The minimum Gasteiger partial charge on any atom is -0.355 e. The average Bonchev–Trinajstić information content (AvgIpc) is 2.55. The zero-order valence-corrected chi connectivity index (χ0v) is 15.1. The number of carbonyl (C=O) groups is 1. The van der Waals surface area contributed by atoms with E-state index in [1.807, 2.05) is 48.5 Å². The molecule has 1 N–H and O–H groups in total. The van der Waals surface area contributed by atoms with Crippen molar-refractivity contribution in [1.82, 2.24) is 5.32 Å². The molecule has 0 aromatic heterocycles. The lowest BCUT2D eigenvalue weighted by Gasteiger charge is -2.06. The highest BCUT2D eigenvalue weighted by Crippen LogP contribution is 2.15. The topological polar surface area (TPSA) is 29.1 Å². The highest BCUT2D eigenvalue weighted by molar-refractivity contribution is 7.99. The van der Waals surface area contributed by atoms with Crippen LogP contribution in [0.3, 0.4) is 0 Å². The number of carbonyl (C=O) groups excluding carboxylic acids is 1. The quantitative estimate of drug-likeness (QED) is 0.666. The van der Waals surface area contributed by atoms with Gasteiger partial charge in [-0.15, -0.1) is 11.8 Å². The fraction of sp³-hybridized carbons (Fsp3) is 0.278. The van der Waals surface area contributed by atoms with Crippen molar-refractivity contribution < 1.29 is 4.79 Å². The van der Waals surface area contributed by atoms with E-state index < -0.39 is 0 Å². The molecule has 2 aromatic rings. The summed E-state index contributed by atoms with van der Waals surface area (Å²) in [5.74, 6) is 1.37. The van der Waals surface area contributed by atoms with E-state index >= 15 is 0 Å². The smallest absolute Gasteiger partial charge is 0.230 e. The second-order valence-electron chi connectivity index (χ2n) is 5.20. The Balaban J connectivity index is 1.56. The molecular weight excluding hydrogens is 349 g/mol. The third-order valence-electron chi connectivity index (χ3n) is 3.29. The normalized spacial score (nSPS) is 10.5. The molecule has 0 aliphatic heterocycles. The van der Waals surface area contributed by atoms with E-state index in [-0.39, 0.29) is 5.91 Å². The number of hydrogen-bond acceptors (Lipinski definition) is 2. The van der Waals surface area contributed by atoms with Crippen LogP contribution in [0.5, 0.6) is 0 Å². The number of amides is 1. The fourth-order valence-corrected chi connectivity index (χ4v) is 3.13. The number of nitrogens with one attached hydrogen (secondary N) is 1. The standard InChI is InChI=1S/C18H19Cl2NOS/c19-16-7-3-14(4-8-16)2-1-11-21-18(22)13-23-12-15-5-9-17(20)10-6-15/h3-10H,1-2,11-13H2,(H,21,22). The van der Waals surface area contributed by atoms with Crippen molar-refractivity contribution >= 4 is 40.9 Å². The lowest BCUT2D eigenvalue weighted by atomic mass is 10.1. The first-order chi connectivity index (χ1) is 11.1. The molecule has 2 nitrogen and oxygen atoms in total. The summed E-state index contributed by atoms with van der Waals surface area (Å²) in [5.41, 5.74) is 2.41. The highest BCUT2D eigenvalue weighted by Gasteiger charge is 2.02. The first-order valence-corrected chi connectivity index (χ1v) is 9.38. The Morgan fingerprint density at radius 3 is 2.09 bits per heavy atom. The Hall–Kier alpha value is -1.16. The van der Waals surface area contributed by atoms with Crippen LogP contribution in [0.25, 0.3) is 0 Å². The lowest BCUT2D eigenvalue weighted by molar-refractivity contribution is -0.118. The summed E-state index contributed by atoms with van der Waals surface area (Å²) in [4.78, 5) is 11.8. The summed E-state index contributed by atoms with van der Waals surface area (Å²) in [6.45, 7) is 0.697. The van der Waals surface area contributed by atoms with Gasteiger partial charge in [-0.3, -0.25) is 4.79 Å². The summed E-state index contributed by atoms with van der Waals surface area (Å²) in [6.07, 6.45) is 1.87. The Morgan fingerprint density at radius 1 is 0.913 bits per heavy atom. The van der Waals surface area contributed by atoms with Crippen LogP contribution in [0.4, 0.5) is 0 Å². The first kappa shape index (κ1) is 18.2. The number of rotatable bonds is 8. The second-order valence-corrected chi connectivity index (χ2v) is 7.06. The van der Waals surface area contributed by atoms with E-state index in [2.05, 4.69) is 5.32 Å². The van der Waals surface area contributed by atoms with Crippen LogP contribution in [-0.4, -0.2) is 18.2 Å². The van der Waals surface area contributed by atoms with Gasteiger partial charge in [0.2, 0.25) is 5.91 Å². The first-order valence-electron chi connectivity index (χ1n) is 7.47. The van der Waals surface area contributed by atoms with Crippen LogP contribution in [0.1, 0.15) is 17.5 Å². The van der Waals surface area contributed by atoms with Crippen molar-refractivity contribution in [2.45, 2.75) is 18.6 Å². The van der Waals surface area contributed by atoms with Gasteiger partial charge in [-0.05, 0) is 48.2 Å². The predicted octanol–water partition coefficient (Wildman–Crippen LogP) is 4.98. The van der Waals surface area contributed by atoms with Crippen LogP contribution >= 0.6 is 35.0 Å². The van der Waals surface area contributed by atoms with Crippen LogP contribution < -0.4 is 5.32 Å². The fourth-order valence-electron chi connectivity index (χ4n) is 2.06. The number of thioether (sulfide) groups is 1. The Kier molecular flexibility index (Phi) is 7.80. The minimum absolute atomic E-state index is 0.0834. The molecule has 0 unspecified atom stereocenters. The summed E-state index contributed by atoms with van der Waals surface area (Å²) in [6, 6.07) is 15.5. The molecular formula is C18H19Cl2NOS. The maximum atomic E-state index is 11.8. The molecule has 2 rings (SSSR count). The number of benzene rings is 2. The molecule has 0 atom stereocenters. The number of hydrogen-bond donors (Lipinski definition) is 1. The maximum Gasteiger partial charge on any atom is 0.230 e. The molecule has 0 radical (unpaired) electrons. The molecule has 23 heavy (non-hydrogen) atoms. The van der Waals surface area contributed by atoms with Crippen molar-refractivity contribution in [2.24, 2.45) is 0 Å². The predicted molar refractivity (Wildman–Crippen MR) is 100 cm³/mol. The van der Waals surface area contributed by atoms with Gasteiger partial charge in [-0.1, -0.05) is 47.5 Å². The third kappa shape index (κ3) is 7.30. The molecule has 0 saturated heterocycles. The van der Waals surface area contributed by atoms with Crippen molar-refractivity contribution in [3.8, 4) is 0 Å². The Morgan fingerprint density at radius 2 is 1.48 bits per heavy atom. The third-order valence-corrected chi connectivity index (χ3v) is 4.80. The van der Waals surface area contributed by atoms with E-state index in [4.69, 9.17) is 23.2 Å². The van der Waals surface area contributed by atoms with E-state index in [1.165, 1.54) is 11.1 Å². The highest BCUT2D eigenvalue weighted by atomic mass is 35.5. The molecule has 5 heteroatoms. The van der Waals surface area contributed by atoms with E-state index in [0.717, 1.165) is 28.6 Å². The van der Waals surface area contributed by atoms with Crippen LogP contribution in [0.15, 0.2) is 48.5 Å². The van der Waals surface area contributed by atoms with E-state index in [0.29, 0.717) is 12.3 Å². The molecule has 0 fully saturated rings. The maximum absolute atomic E-state index is 11.8. The van der Waals surface area contributed by atoms with Gasteiger partial charge in [-0.25, -0.2) is 0 Å². The van der Waals surface area contributed by atoms with Crippen molar-refractivity contribution in [1.29, 1.82) is 0 Å². The SMILES string of the molecule is O=C(CSCc1ccc(Cl)cc1)NCCCc1ccc(Cl)cc1. The van der Waals surface area contributed by atoms with E-state index in [1.54, 1.807) is 11.8 Å². The summed E-state index contributed by atoms with van der Waals surface area (Å²) in [5, 5.41) is 4.44. The number of aryl methyl sites for hydroxylation is 1. The van der Waals surface area contributed by atoms with Crippen LogP contribution in [-0.2, 0) is 17.0 Å². The molecule has 0 heterocycles. The van der Waals surface area contributed by atoms with Gasteiger partial charge < -0.3 is 5.32 Å². The van der Waals surface area contributed by atoms with Gasteiger partial charge in [0.1, 0.15) is 0 Å². The molecule has 0 saturated carbocycles. The molecule has 1 amide bonds. The molecule has 0 spiro atoms. The van der Waals surface area contributed by atoms with Gasteiger partial charge in [0.05, 0.1) is 5.75 Å². The lowest BCUT2D eigenvalue weighted by Crippen LogP contribution is -2.26. The van der Waals surface area contributed by atoms with E-state index in [9.17, 15) is 4.79 Å². The molecule has 0 aliphatic carbocycles. The molecule has 122 valence electrons. The number of halogens is 2. The average molecular weight is 368 g/mol. The Labute approximate surface area is 151 Å². The molecule has 0 bridgehead atoms. The van der Waals surface area contributed by atoms with Crippen LogP contribution in [0, 0.1) is 0 Å². The van der Waals surface area contributed by atoms with Gasteiger partial charge >= 0.3 is 0 Å². The van der Waals surface area contributed by atoms with Crippen molar-refractivity contribution in [3.05, 3.63) is 69.7 Å². The molecule has 2 aromatic carbocycles. The van der Waals surface area contributed by atoms with Crippen molar-refractivity contribution in [3.63, 3.8) is 0 Å². The van der Waals surface area contributed by atoms with Gasteiger partial charge in [0.25, 0.3) is 0 Å². The monoisotopic (exact) mass is 367 g/mol. The van der Waals surface area contributed by atoms with Gasteiger partial charge in [-0.2, -0.15) is 0 Å². The van der Waals surface area contributed by atoms with Gasteiger partial charge in [0, 0.05) is 22.3 Å². The summed E-state index contributed by atoms with van der Waals surface area (Å²) < 4.78 is 0. The second kappa shape index (κ2) is 9.86.